The molecule has 10 heteroatoms. The number of hydrogen-bond donors (Lipinski definition) is 4. The number of nitrogen functional groups attached to an aromatic ring is 1. The van der Waals surface area contributed by atoms with Gasteiger partial charge in [-0.05, 0) is 84.9 Å². The molecule has 3 saturated carbocycles. The van der Waals surface area contributed by atoms with Crippen molar-refractivity contribution in [3.05, 3.63) is 81.6 Å². The van der Waals surface area contributed by atoms with E-state index in [-0.39, 0.29) is 45.9 Å². The maximum atomic E-state index is 15.8. The average Bonchev–Trinajstić information content (AvgIpc) is 3.27. The summed E-state index contributed by atoms with van der Waals surface area (Å²) in [5.41, 5.74) is 6.78. The van der Waals surface area contributed by atoms with E-state index >= 15 is 4.39 Å². The molecular weight excluding hydrogens is 645 g/mol. The fourth-order valence-corrected chi connectivity index (χ4v) is 9.59. The monoisotopic (exact) mass is 683 g/mol. The van der Waals surface area contributed by atoms with Crippen molar-refractivity contribution in [2.75, 3.05) is 12.3 Å². The molecular formula is C35H39BrFNO7. The minimum atomic E-state index is -1.75. The predicted molar refractivity (Wildman–Crippen MR) is 168 cm³/mol. The Kier molecular flexibility index (Phi) is 8.58. The summed E-state index contributed by atoms with van der Waals surface area (Å²) >= 11 is 3.33. The number of hydrogen-bond acceptors (Lipinski definition) is 8. The van der Waals surface area contributed by atoms with Gasteiger partial charge >= 0.3 is 0 Å². The molecule has 0 amide bonds. The normalized spacial score (nSPS) is 34.4. The molecule has 2 aromatic rings. The highest BCUT2D eigenvalue weighted by Gasteiger charge is 2.65. The first-order valence-electron chi connectivity index (χ1n) is 15.4. The van der Waals surface area contributed by atoms with Crippen LogP contribution in [0.3, 0.4) is 0 Å². The quantitative estimate of drug-likeness (QED) is 0.220. The molecule has 0 spiro atoms. The average molecular weight is 685 g/mol. The number of halogens is 2. The molecule has 4 aliphatic rings. The molecule has 0 bridgehead atoms. The molecule has 45 heavy (non-hydrogen) atoms. The lowest BCUT2D eigenvalue weighted by atomic mass is 9.46. The number of allylic oxidation sites excluding steroid dienone is 4. The zero-order valence-electron chi connectivity index (χ0n) is 25.3. The summed E-state index contributed by atoms with van der Waals surface area (Å²) in [7, 11) is 0. The van der Waals surface area contributed by atoms with Crippen LogP contribution in [0.15, 0.2) is 64.7 Å². The van der Waals surface area contributed by atoms with Crippen molar-refractivity contribution < 1.29 is 38.8 Å². The molecule has 240 valence electrons. The lowest BCUT2D eigenvalue weighted by molar-refractivity contribution is -0.168. The maximum absolute atomic E-state index is 15.8. The van der Waals surface area contributed by atoms with Crippen molar-refractivity contribution in [1.29, 1.82) is 0 Å². The van der Waals surface area contributed by atoms with Crippen LogP contribution >= 0.6 is 15.9 Å². The highest BCUT2D eigenvalue weighted by Crippen LogP contribution is 2.66. The molecule has 0 saturated heterocycles. The van der Waals surface area contributed by atoms with E-state index in [1.54, 1.807) is 42.5 Å². The van der Waals surface area contributed by atoms with Gasteiger partial charge in [-0.15, -0.1) is 0 Å². The summed E-state index contributed by atoms with van der Waals surface area (Å²) in [6.45, 7) is 3.36. The van der Waals surface area contributed by atoms with Crippen molar-refractivity contribution in [3.8, 4) is 5.75 Å². The molecule has 8 nitrogen and oxygen atoms in total. The number of carbonyl (C=O) groups excluding carboxylic acids is 2. The highest BCUT2D eigenvalue weighted by atomic mass is 79.9. The van der Waals surface area contributed by atoms with Gasteiger partial charge in [0, 0.05) is 21.5 Å². The molecule has 4 aliphatic carbocycles. The molecule has 9 atom stereocenters. The van der Waals surface area contributed by atoms with E-state index < -0.39 is 53.5 Å². The number of carbonyl (C=O) groups is 2. The Bertz CT molecular complexity index is 1580. The molecule has 2 unspecified atom stereocenters. The van der Waals surface area contributed by atoms with E-state index in [2.05, 4.69) is 22.9 Å². The first-order valence-corrected chi connectivity index (χ1v) is 16.2. The molecule has 6 rings (SSSR count). The van der Waals surface area contributed by atoms with Gasteiger partial charge in [0.2, 0.25) is 0 Å². The molecule has 3 fully saturated rings. The Balaban J connectivity index is 1.28. The zero-order chi connectivity index (χ0) is 32.3. The van der Waals surface area contributed by atoms with E-state index in [9.17, 15) is 24.9 Å². The van der Waals surface area contributed by atoms with E-state index in [1.807, 2.05) is 13.0 Å². The molecule has 0 aliphatic heterocycles. The first-order chi connectivity index (χ1) is 21.4. The summed E-state index contributed by atoms with van der Waals surface area (Å²) in [6.07, 6.45) is 3.93. The standard InChI is InChI=1S/C35H39BrFNO7/c1-34-11-10-21(40)13-19(34)6-7-22-23-14-28(31(26(42)16-39)35(23,2)15-25(41)30(22)34)45-33(43)29-24(36)8-9-27(32(29)37)44-17-18-4-3-5-20(38)12-18/h3-5,8-13,22-23,25,28,30-31,33,39,41,43H,6-7,14-17,38H2,1-2H3/t22-,23?,25-,28+,30?,31-,33+,34-,35-/m0/s1. The number of nitrogens with two attached hydrogens (primary N) is 1. The van der Waals surface area contributed by atoms with Gasteiger partial charge in [-0.1, -0.05) is 53.6 Å². The highest BCUT2D eigenvalue weighted by molar-refractivity contribution is 9.10. The SMILES string of the molecule is C[C@]12C=CC(=O)C=C1CC[C@@H]1C2[C@@H](O)C[C@@]2(C)C1C[C@@H](O[C@@H](O)c1c(Br)ccc(OCc3cccc(N)c3)c1F)[C@@H]2C(=O)CO. The Morgan fingerprint density at radius 3 is 2.76 bits per heavy atom. The summed E-state index contributed by atoms with van der Waals surface area (Å²) < 4.78 is 28.0. The van der Waals surface area contributed by atoms with Crippen LogP contribution < -0.4 is 10.5 Å². The van der Waals surface area contributed by atoms with Crippen LogP contribution in [0.5, 0.6) is 5.75 Å². The third-order valence-corrected chi connectivity index (χ3v) is 11.7. The number of benzene rings is 2. The molecule has 0 radical (unpaired) electrons. The van der Waals surface area contributed by atoms with Gasteiger partial charge in [0.25, 0.3) is 0 Å². The third-order valence-electron chi connectivity index (χ3n) is 11.0. The number of aliphatic hydroxyl groups is 3. The number of fused-ring (bicyclic) bond motifs is 5. The number of aliphatic hydroxyl groups excluding tert-OH is 3. The van der Waals surface area contributed by atoms with E-state index in [0.717, 1.165) is 17.6 Å². The molecule has 5 N–H and O–H groups in total. The van der Waals surface area contributed by atoms with Gasteiger partial charge in [0.15, 0.2) is 29.4 Å². The van der Waals surface area contributed by atoms with Crippen molar-refractivity contribution in [2.45, 2.75) is 64.6 Å². The van der Waals surface area contributed by atoms with Crippen LogP contribution in [0.1, 0.15) is 56.9 Å². The second kappa shape index (κ2) is 12.0. The molecule has 0 heterocycles. The van der Waals surface area contributed by atoms with E-state index in [4.69, 9.17) is 15.2 Å². The lowest BCUT2D eigenvalue weighted by Crippen LogP contribution is -2.56. The van der Waals surface area contributed by atoms with Crippen LogP contribution in [-0.4, -0.2) is 45.7 Å². The minimum absolute atomic E-state index is 0.00529. The molecule has 0 aromatic heterocycles. The van der Waals surface area contributed by atoms with Crippen LogP contribution in [0.4, 0.5) is 10.1 Å². The Morgan fingerprint density at radius 1 is 1.24 bits per heavy atom. The topological polar surface area (TPSA) is 139 Å². The van der Waals surface area contributed by atoms with Gasteiger partial charge in [-0.3, -0.25) is 9.59 Å². The largest absolute Gasteiger partial charge is 0.486 e. The number of anilines is 1. The summed E-state index contributed by atoms with van der Waals surface area (Å²) in [4.78, 5) is 25.5. The van der Waals surface area contributed by atoms with Crippen LogP contribution in [0.25, 0.3) is 0 Å². The molecule has 2 aromatic carbocycles. The second-order valence-electron chi connectivity index (χ2n) is 13.5. The number of rotatable bonds is 8. The minimum Gasteiger partial charge on any atom is -0.486 e. The van der Waals surface area contributed by atoms with Crippen molar-refractivity contribution >= 4 is 33.2 Å². The van der Waals surface area contributed by atoms with Gasteiger partial charge in [-0.2, -0.15) is 0 Å². The number of ether oxygens (including phenoxy) is 2. The van der Waals surface area contributed by atoms with Crippen molar-refractivity contribution in [2.24, 2.45) is 34.5 Å². The van der Waals surface area contributed by atoms with Gasteiger partial charge < -0.3 is 30.5 Å². The summed E-state index contributed by atoms with van der Waals surface area (Å²) in [5, 5.41) is 33.0. The van der Waals surface area contributed by atoms with E-state index in [1.165, 1.54) is 6.07 Å². The summed E-state index contributed by atoms with van der Waals surface area (Å²) in [5.74, 6) is -2.44. The Labute approximate surface area is 270 Å². The number of Topliss-reactive ketones (excluding diaryl/α,β-unsaturated/α-hetero) is 1. The van der Waals surface area contributed by atoms with Crippen LogP contribution in [0, 0.1) is 40.3 Å². The van der Waals surface area contributed by atoms with Crippen LogP contribution in [0.2, 0.25) is 0 Å². The van der Waals surface area contributed by atoms with Gasteiger partial charge in [0.05, 0.1) is 23.7 Å². The van der Waals surface area contributed by atoms with Gasteiger partial charge in [-0.25, -0.2) is 4.39 Å². The Hall–Kier alpha value is -2.89. The number of ketones is 2. The fourth-order valence-electron chi connectivity index (χ4n) is 9.09. The smallest absolute Gasteiger partial charge is 0.185 e. The lowest BCUT2D eigenvalue weighted by Gasteiger charge is -2.58. The predicted octanol–water partition coefficient (Wildman–Crippen LogP) is 5.19. The second-order valence-corrected chi connectivity index (χ2v) is 14.3. The van der Waals surface area contributed by atoms with Gasteiger partial charge in [0.1, 0.15) is 13.2 Å². The summed E-state index contributed by atoms with van der Waals surface area (Å²) in [6, 6.07) is 10.1. The fraction of sp³-hybridized carbons (Fsp3) is 0.486. The first kappa shape index (κ1) is 32.1. The van der Waals surface area contributed by atoms with Crippen molar-refractivity contribution in [1.82, 2.24) is 0 Å². The third kappa shape index (κ3) is 5.48. The van der Waals surface area contributed by atoms with Crippen LogP contribution in [-0.2, 0) is 20.9 Å². The maximum Gasteiger partial charge on any atom is 0.185 e. The van der Waals surface area contributed by atoms with E-state index in [0.29, 0.717) is 24.9 Å². The van der Waals surface area contributed by atoms with Crippen molar-refractivity contribution in [3.63, 3.8) is 0 Å². The Morgan fingerprint density at radius 2 is 2.02 bits per heavy atom. The zero-order valence-corrected chi connectivity index (χ0v) is 26.9.